The molecule has 2 radical (unpaired) electrons. The van der Waals surface area contributed by atoms with Crippen LogP contribution in [-0.4, -0.2) is 6.88 Å². The molecule has 0 aliphatic rings. The molecule has 0 bridgehead atoms. The third kappa shape index (κ3) is 9.28. The Kier molecular flexibility index (Phi) is 16.9. The van der Waals surface area contributed by atoms with Gasteiger partial charge in [0.05, 0.1) is 0 Å². The van der Waals surface area contributed by atoms with Crippen LogP contribution in [0.4, 0.5) is 0 Å². The topological polar surface area (TPSA) is 0 Å². The van der Waals surface area contributed by atoms with Gasteiger partial charge in [0.2, 0.25) is 0 Å². The van der Waals surface area contributed by atoms with Gasteiger partial charge in [-0.3, -0.25) is 0 Å². The van der Waals surface area contributed by atoms with E-state index in [1.165, 1.54) is 134 Å². The average Bonchev–Trinajstić information content (AvgIpc) is 3.86. The second-order valence-corrected chi connectivity index (χ2v) is 14.3. The predicted molar refractivity (Wildman–Crippen MR) is 261 cm³/mol. The number of hydrogen-bond donors (Lipinski definition) is 0. The SMILES string of the molecule is CCCc1cc(-c2cc3ccccc3[cH-]2)c2c(ccc3ccccc32)c1.CCCc1cc(-c2cc3ccccc3[cH-]2)c2c(ccc3ccccc32)c1.Cl.Cl.[CH3-].[CH3-].[Si]=[Zr]. The molecule has 10 aromatic carbocycles. The van der Waals surface area contributed by atoms with Crippen LogP contribution in [0.25, 0.3) is 86.9 Å². The molecule has 0 amide bonds. The van der Waals surface area contributed by atoms with Crippen molar-refractivity contribution in [1.82, 2.24) is 0 Å². The van der Waals surface area contributed by atoms with Gasteiger partial charge in [-0.2, -0.15) is 0 Å². The maximum absolute atomic E-state index is 3.06. The number of halogens is 2. The standard InChI is InChI=1S/2C26H21.2CH3.2ClH.Si.Zr/c2*1-2-7-18-14-22-13-12-19-8-5-6-11-24(19)26(22)25(15-18)23-16-20-9-3-4-10-21(20)17-23;;;;;;/h2*3-6,8-17H,2,7H2,1H3;2*1H3;2*1H;;/q4*-1;;;;. The van der Waals surface area contributed by atoms with Crippen molar-refractivity contribution in [3.63, 3.8) is 0 Å². The van der Waals surface area contributed by atoms with Crippen LogP contribution >= 0.6 is 24.8 Å². The van der Waals surface area contributed by atoms with Crippen molar-refractivity contribution in [3.8, 4) is 22.3 Å². The van der Waals surface area contributed by atoms with E-state index >= 15 is 0 Å². The summed E-state index contributed by atoms with van der Waals surface area (Å²) in [5, 5.41) is 16.0. The van der Waals surface area contributed by atoms with Crippen molar-refractivity contribution in [1.29, 1.82) is 0 Å². The summed E-state index contributed by atoms with van der Waals surface area (Å²) < 4.78 is 0. The van der Waals surface area contributed by atoms with E-state index in [1.807, 2.05) is 0 Å². The summed E-state index contributed by atoms with van der Waals surface area (Å²) in [6.07, 6.45) is 4.58. The second kappa shape index (κ2) is 21.1. The Bertz CT molecular complexity index is 2650. The molecule has 0 unspecified atom stereocenters. The Labute approximate surface area is 374 Å². The van der Waals surface area contributed by atoms with Gasteiger partial charge >= 0.3 is 30.2 Å². The third-order valence-electron chi connectivity index (χ3n) is 10.7. The van der Waals surface area contributed by atoms with E-state index in [0.717, 1.165) is 12.8 Å². The Morgan fingerprint density at radius 2 is 0.759 bits per heavy atom. The second-order valence-electron chi connectivity index (χ2n) is 14.3. The third-order valence-corrected chi connectivity index (χ3v) is 10.7. The fourth-order valence-electron chi connectivity index (χ4n) is 8.35. The van der Waals surface area contributed by atoms with Crippen LogP contribution in [-0.2, 0) is 36.2 Å². The molecule has 292 valence electrons. The van der Waals surface area contributed by atoms with Gasteiger partial charge in [-0.15, -0.1) is 93.9 Å². The van der Waals surface area contributed by atoms with E-state index in [0.29, 0.717) is 0 Å². The van der Waals surface area contributed by atoms with Crippen LogP contribution in [0.1, 0.15) is 37.8 Å². The molecule has 0 saturated carbocycles. The number of rotatable bonds is 6. The van der Waals surface area contributed by atoms with Gasteiger partial charge in [-0.1, -0.05) is 182 Å². The van der Waals surface area contributed by atoms with Crippen LogP contribution in [0.5, 0.6) is 0 Å². The van der Waals surface area contributed by atoms with Crippen molar-refractivity contribution >= 4 is 96.3 Å². The molecule has 58 heavy (non-hydrogen) atoms. The van der Waals surface area contributed by atoms with Gasteiger partial charge in [0.15, 0.2) is 0 Å². The van der Waals surface area contributed by atoms with E-state index in [4.69, 9.17) is 0 Å². The van der Waals surface area contributed by atoms with E-state index in [-0.39, 0.29) is 39.7 Å². The predicted octanol–water partition coefficient (Wildman–Crippen LogP) is 16.3. The number of fused-ring (bicyclic) bond motifs is 8. The van der Waals surface area contributed by atoms with Crippen molar-refractivity contribution in [3.05, 3.63) is 196 Å². The summed E-state index contributed by atoms with van der Waals surface area (Å²) in [5.74, 6) is 0. The normalized spacial score (nSPS) is 10.4. The Morgan fingerprint density at radius 3 is 1.14 bits per heavy atom. The zero-order valence-electron chi connectivity index (χ0n) is 33.8. The molecule has 0 aromatic heterocycles. The Hall–Kier alpha value is -4.30. The number of aryl methyl sites for hydroxylation is 2. The summed E-state index contributed by atoms with van der Waals surface area (Å²) in [6, 6.07) is 62.7. The number of benzene rings is 8. The molecular formula is C54H50Cl2SiZr-4. The zero-order valence-corrected chi connectivity index (χ0v) is 38.9. The molecule has 0 nitrogen and oxygen atoms in total. The summed E-state index contributed by atoms with van der Waals surface area (Å²) in [4.78, 5) is 0. The van der Waals surface area contributed by atoms with Gasteiger partial charge in [0, 0.05) is 0 Å². The molecule has 0 atom stereocenters. The molecule has 10 aromatic rings. The first-order valence-electron chi connectivity index (χ1n) is 19.1. The maximum atomic E-state index is 3.06. The first kappa shape index (κ1) is 46.4. The summed E-state index contributed by atoms with van der Waals surface area (Å²) in [5.41, 5.74) is 8.22. The molecule has 0 saturated heterocycles. The van der Waals surface area contributed by atoms with Crippen LogP contribution in [0, 0.1) is 14.9 Å². The van der Waals surface area contributed by atoms with E-state index in [2.05, 4.69) is 191 Å². The summed E-state index contributed by atoms with van der Waals surface area (Å²) >= 11 is 1.36. The molecule has 10 rings (SSSR count). The summed E-state index contributed by atoms with van der Waals surface area (Å²) in [6.45, 7) is 7.56. The zero-order chi connectivity index (χ0) is 37.0. The van der Waals surface area contributed by atoms with Crippen LogP contribution in [0.15, 0.2) is 170 Å². The average molecular weight is 889 g/mol. The fourth-order valence-corrected chi connectivity index (χ4v) is 8.35. The molecule has 0 aliphatic carbocycles. The van der Waals surface area contributed by atoms with Crippen molar-refractivity contribution in [2.75, 3.05) is 0 Å². The molecular weight excluding hydrogens is 839 g/mol. The number of hydrogen-bond acceptors (Lipinski definition) is 0. The molecule has 0 heterocycles. The Balaban J connectivity index is 0.000000231. The molecule has 0 spiro atoms. The van der Waals surface area contributed by atoms with Crippen molar-refractivity contribution in [2.45, 2.75) is 39.5 Å². The minimum atomic E-state index is 0. The van der Waals surface area contributed by atoms with Crippen molar-refractivity contribution < 1.29 is 23.3 Å². The van der Waals surface area contributed by atoms with Crippen molar-refractivity contribution in [2.24, 2.45) is 0 Å². The Morgan fingerprint density at radius 1 is 0.414 bits per heavy atom. The van der Waals surface area contributed by atoms with Gasteiger partial charge in [-0.05, 0) is 55.9 Å². The monoisotopic (exact) mass is 886 g/mol. The summed E-state index contributed by atoms with van der Waals surface area (Å²) in [7, 11) is 0. The van der Waals surface area contributed by atoms with Gasteiger partial charge in [0.1, 0.15) is 0 Å². The van der Waals surface area contributed by atoms with E-state index in [9.17, 15) is 0 Å². The molecule has 4 heteroatoms. The van der Waals surface area contributed by atoms with Crippen LogP contribution in [0.3, 0.4) is 0 Å². The molecule has 0 N–H and O–H groups in total. The van der Waals surface area contributed by atoms with Crippen LogP contribution in [0.2, 0.25) is 0 Å². The minimum absolute atomic E-state index is 0. The van der Waals surface area contributed by atoms with Gasteiger partial charge < -0.3 is 14.9 Å². The fraction of sp³-hybridized carbons (Fsp3) is 0.111. The van der Waals surface area contributed by atoms with Gasteiger partial charge in [-0.25, -0.2) is 0 Å². The molecule has 0 fully saturated rings. The van der Waals surface area contributed by atoms with Gasteiger partial charge in [0.25, 0.3) is 0 Å². The first-order chi connectivity index (χ1) is 26.7. The van der Waals surface area contributed by atoms with E-state index < -0.39 is 0 Å². The van der Waals surface area contributed by atoms with Crippen LogP contribution < -0.4 is 0 Å². The van der Waals surface area contributed by atoms with E-state index in [1.54, 1.807) is 0 Å². The molecule has 0 aliphatic heterocycles. The first-order valence-corrected chi connectivity index (χ1v) is 23.3. The quantitative estimate of drug-likeness (QED) is 0.0886.